The first kappa shape index (κ1) is 22.1. The molecular weight excluding hydrogens is 489 g/mol. The molecule has 3 rings (SSSR count). The number of guanidine groups is 1. The molecule has 0 fully saturated rings. The van der Waals surface area contributed by atoms with E-state index in [0.29, 0.717) is 11.6 Å². The fraction of sp³-hybridized carbons (Fsp3) is 0.211. The van der Waals surface area contributed by atoms with Crippen LogP contribution in [-0.4, -0.2) is 42.1 Å². The van der Waals surface area contributed by atoms with Gasteiger partial charge in [0.15, 0.2) is 5.96 Å². The molecule has 9 heteroatoms. The molecule has 4 N–H and O–H groups in total. The minimum absolute atomic E-state index is 0. The van der Waals surface area contributed by atoms with E-state index in [1.165, 1.54) is 0 Å². The van der Waals surface area contributed by atoms with Crippen molar-refractivity contribution in [1.29, 1.82) is 0 Å². The van der Waals surface area contributed by atoms with Crippen LogP contribution in [0.25, 0.3) is 10.1 Å². The van der Waals surface area contributed by atoms with Crippen molar-refractivity contribution in [2.45, 2.75) is 6.10 Å². The third kappa shape index (κ3) is 6.14. The molecule has 1 atom stereocenters. The Morgan fingerprint density at radius 2 is 2.07 bits per heavy atom. The Labute approximate surface area is 184 Å². The smallest absolute Gasteiger partial charge is 0.243 e. The lowest BCUT2D eigenvalue weighted by Crippen LogP contribution is -2.42. The summed E-state index contributed by atoms with van der Waals surface area (Å²) in [5, 5.41) is 20.2. The van der Waals surface area contributed by atoms with E-state index in [2.05, 4.69) is 25.9 Å². The number of nitrogens with zero attached hydrogens (tertiary/aromatic N) is 2. The number of rotatable bonds is 6. The van der Waals surface area contributed by atoms with Crippen LogP contribution >= 0.6 is 35.3 Å². The number of aromatic nitrogens is 1. The molecule has 2 aromatic heterocycles. The predicted molar refractivity (Wildman–Crippen MR) is 124 cm³/mol. The molecule has 0 aliphatic rings. The van der Waals surface area contributed by atoms with Crippen LogP contribution < -0.4 is 16.0 Å². The van der Waals surface area contributed by atoms with Gasteiger partial charge in [0.25, 0.3) is 0 Å². The van der Waals surface area contributed by atoms with E-state index in [-0.39, 0.29) is 43.0 Å². The van der Waals surface area contributed by atoms with E-state index >= 15 is 0 Å². The number of hydrogen-bond donors (Lipinski definition) is 4. The first-order chi connectivity index (χ1) is 13.2. The number of fused-ring (bicyclic) bond motifs is 1. The maximum atomic E-state index is 12.0. The van der Waals surface area contributed by atoms with Gasteiger partial charge in [-0.25, -0.2) is 0 Å². The van der Waals surface area contributed by atoms with Crippen LogP contribution in [0.4, 0.5) is 5.69 Å². The van der Waals surface area contributed by atoms with Gasteiger partial charge in [-0.15, -0.1) is 35.3 Å². The molecule has 1 amide bonds. The summed E-state index contributed by atoms with van der Waals surface area (Å²) in [6.45, 7) is 0.338. The Morgan fingerprint density at radius 3 is 2.79 bits per heavy atom. The molecular formula is C19H22IN5O2S. The number of anilines is 1. The van der Waals surface area contributed by atoms with Crippen molar-refractivity contribution < 1.29 is 9.90 Å². The van der Waals surface area contributed by atoms with Crippen LogP contribution in [0.2, 0.25) is 0 Å². The van der Waals surface area contributed by atoms with Gasteiger partial charge < -0.3 is 21.1 Å². The summed E-state index contributed by atoms with van der Waals surface area (Å²) in [7, 11) is 1.61. The van der Waals surface area contributed by atoms with Crippen molar-refractivity contribution >= 4 is 63.0 Å². The van der Waals surface area contributed by atoms with Gasteiger partial charge in [-0.05, 0) is 29.7 Å². The zero-order valence-electron chi connectivity index (χ0n) is 15.3. The number of benzene rings is 1. The van der Waals surface area contributed by atoms with Crippen molar-refractivity contribution in [3.63, 3.8) is 0 Å². The summed E-state index contributed by atoms with van der Waals surface area (Å²) in [5.74, 6) is 0.229. The molecule has 7 nitrogen and oxygen atoms in total. The number of aliphatic hydroxyl groups excluding tert-OH is 1. The average molecular weight is 511 g/mol. The summed E-state index contributed by atoms with van der Waals surface area (Å²) < 4.78 is 1.14. The summed E-state index contributed by atoms with van der Waals surface area (Å²) in [5.41, 5.74) is 0.632. The Balaban J connectivity index is 0.00000280. The number of thiophene rings is 1. The zero-order valence-corrected chi connectivity index (χ0v) is 18.4. The normalized spacial score (nSPS) is 12.1. The molecule has 0 bridgehead atoms. The SMILES string of the molecule is CN=C(NCC(=O)Nc1cccnc1)NCC(O)c1cc2ccccc2s1.I. The molecule has 0 saturated heterocycles. The highest BCUT2D eigenvalue weighted by atomic mass is 127. The highest BCUT2D eigenvalue weighted by molar-refractivity contribution is 14.0. The van der Waals surface area contributed by atoms with E-state index in [1.807, 2.05) is 30.3 Å². The van der Waals surface area contributed by atoms with E-state index in [9.17, 15) is 9.90 Å². The molecule has 0 spiro atoms. The van der Waals surface area contributed by atoms with Crippen molar-refractivity contribution in [1.82, 2.24) is 15.6 Å². The molecule has 0 aliphatic carbocycles. The summed E-state index contributed by atoms with van der Waals surface area (Å²) >= 11 is 1.56. The number of carbonyl (C=O) groups excluding carboxylic acids is 1. The summed E-state index contributed by atoms with van der Waals surface area (Å²) in [6, 6.07) is 13.5. The van der Waals surface area contributed by atoms with Gasteiger partial charge >= 0.3 is 0 Å². The largest absolute Gasteiger partial charge is 0.386 e. The van der Waals surface area contributed by atoms with E-state index < -0.39 is 6.10 Å². The van der Waals surface area contributed by atoms with Crippen LogP contribution in [0.5, 0.6) is 0 Å². The van der Waals surface area contributed by atoms with Gasteiger partial charge in [0.2, 0.25) is 5.91 Å². The highest BCUT2D eigenvalue weighted by Crippen LogP contribution is 2.29. The predicted octanol–water partition coefficient (Wildman–Crippen LogP) is 2.75. The van der Waals surface area contributed by atoms with Gasteiger partial charge in [-0.2, -0.15) is 0 Å². The second-order valence-corrected chi connectivity index (χ2v) is 6.91. The number of carbonyl (C=O) groups is 1. The second kappa shape index (κ2) is 10.9. The Kier molecular flexibility index (Phi) is 8.61. The lowest BCUT2D eigenvalue weighted by molar-refractivity contribution is -0.115. The first-order valence-electron chi connectivity index (χ1n) is 8.46. The van der Waals surface area contributed by atoms with Crippen molar-refractivity contribution in [2.75, 3.05) is 25.5 Å². The number of pyridine rings is 1. The third-order valence-electron chi connectivity index (χ3n) is 3.82. The minimum atomic E-state index is -0.662. The maximum absolute atomic E-state index is 12.0. The van der Waals surface area contributed by atoms with Gasteiger partial charge in [0.1, 0.15) is 6.10 Å². The molecule has 28 heavy (non-hydrogen) atoms. The molecule has 1 aromatic carbocycles. The Bertz CT molecular complexity index is 899. The van der Waals surface area contributed by atoms with E-state index in [0.717, 1.165) is 15.0 Å². The number of aliphatic hydroxyl groups is 1. The fourth-order valence-electron chi connectivity index (χ4n) is 2.49. The van der Waals surface area contributed by atoms with Crippen LogP contribution in [0.1, 0.15) is 11.0 Å². The average Bonchev–Trinajstić information content (AvgIpc) is 3.13. The zero-order chi connectivity index (χ0) is 19.1. The molecule has 3 aromatic rings. The lowest BCUT2D eigenvalue weighted by Gasteiger charge is -2.14. The number of nitrogens with one attached hydrogen (secondary N) is 3. The standard InChI is InChI=1S/C19H21N5O2S.HI/c1-20-19(23-12-18(26)24-14-6-4-8-21-10-14)22-11-15(25)17-9-13-5-2-3-7-16(13)27-17;/h2-10,15,25H,11-12H2,1H3,(H,24,26)(H2,20,22,23);1H. The lowest BCUT2D eigenvalue weighted by atomic mass is 10.2. The Morgan fingerprint density at radius 1 is 1.25 bits per heavy atom. The molecule has 2 heterocycles. The van der Waals surface area contributed by atoms with Crippen molar-refractivity contribution in [2.24, 2.45) is 4.99 Å². The number of amides is 1. The molecule has 0 aliphatic heterocycles. The number of hydrogen-bond acceptors (Lipinski definition) is 5. The molecule has 0 radical (unpaired) electrons. The molecule has 0 saturated carbocycles. The van der Waals surface area contributed by atoms with Gasteiger partial charge in [0, 0.05) is 29.4 Å². The summed E-state index contributed by atoms with van der Waals surface area (Å²) in [6.07, 6.45) is 2.55. The Hall–Kier alpha value is -2.24. The van der Waals surface area contributed by atoms with Crippen LogP contribution in [0, 0.1) is 0 Å². The van der Waals surface area contributed by atoms with Crippen molar-refractivity contribution in [3.8, 4) is 0 Å². The van der Waals surface area contributed by atoms with Crippen LogP contribution in [-0.2, 0) is 4.79 Å². The van der Waals surface area contributed by atoms with Crippen LogP contribution in [0.3, 0.4) is 0 Å². The second-order valence-electron chi connectivity index (χ2n) is 5.80. The minimum Gasteiger partial charge on any atom is -0.386 e. The van der Waals surface area contributed by atoms with Crippen LogP contribution in [0.15, 0.2) is 59.9 Å². The third-order valence-corrected chi connectivity index (χ3v) is 5.04. The quantitative estimate of drug-likeness (QED) is 0.232. The topological polar surface area (TPSA) is 98.6 Å². The monoisotopic (exact) mass is 511 g/mol. The molecule has 148 valence electrons. The van der Waals surface area contributed by atoms with Gasteiger partial charge in [-0.1, -0.05) is 18.2 Å². The highest BCUT2D eigenvalue weighted by Gasteiger charge is 2.12. The van der Waals surface area contributed by atoms with E-state index in [1.54, 1.807) is 42.9 Å². The first-order valence-corrected chi connectivity index (χ1v) is 9.28. The van der Waals surface area contributed by atoms with Gasteiger partial charge in [-0.3, -0.25) is 14.8 Å². The van der Waals surface area contributed by atoms with Crippen molar-refractivity contribution in [3.05, 3.63) is 59.7 Å². The van der Waals surface area contributed by atoms with Gasteiger partial charge in [0.05, 0.1) is 18.4 Å². The molecule has 1 unspecified atom stereocenters. The van der Waals surface area contributed by atoms with E-state index in [4.69, 9.17) is 0 Å². The fourth-order valence-corrected chi connectivity index (χ4v) is 3.54. The maximum Gasteiger partial charge on any atom is 0.243 e. The number of aliphatic imine (C=N–C) groups is 1. The summed E-state index contributed by atoms with van der Waals surface area (Å²) in [4.78, 5) is 20.9. The number of halogens is 1.